The fraction of sp³-hybridized carbons (Fsp3) is 0.290. The molecule has 5 rings (SSSR count). The molecule has 0 fully saturated rings. The third-order valence-corrected chi connectivity index (χ3v) is 8.57. The summed E-state index contributed by atoms with van der Waals surface area (Å²) in [5.74, 6) is -0.474. The van der Waals surface area contributed by atoms with Crippen molar-refractivity contribution in [3.63, 3.8) is 0 Å². The largest absolute Gasteiger partial charge is 0.425 e. The van der Waals surface area contributed by atoms with Crippen molar-refractivity contribution in [2.24, 2.45) is 0 Å². The molecule has 7 nitrogen and oxygen atoms in total. The minimum absolute atomic E-state index is 0.0620. The number of rotatable bonds is 9. The number of carbonyl (C=O) groups is 1. The quantitative estimate of drug-likeness (QED) is 0.180. The molecule has 1 aromatic heterocycles. The number of benzene rings is 3. The molecule has 0 bridgehead atoms. The van der Waals surface area contributed by atoms with Crippen molar-refractivity contribution in [3.8, 4) is 5.75 Å². The van der Waals surface area contributed by atoms with Gasteiger partial charge in [-0.15, -0.1) is 0 Å². The van der Waals surface area contributed by atoms with Crippen LogP contribution in [0.3, 0.4) is 0 Å². The van der Waals surface area contributed by atoms with E-state index in [-0.39, 0.29) is 22.7 Å². The molecule has 0 aliphatic heterocycles. The lowest BCUT2D eigenvalue weighted by atomic mass is 10.0. The van der Waals surface area contributed by atoms with Gasteiger partial charge in [0.1, 0.15) is 17.4 Å². The van der Waals surface area contributed by atoms with Crippen molar-refractivity contribution in [1.29, 1.82) is 0 Å². The van der Waals surface area contributed by atoms with E-state index in [0.717, 1.165) is 52.5 Å². The van der Waals surface area contributed by atoms with Crippen molar-refractivity contribution in [2.75, 3.05) is 0 Å². The summed E-state index contributed by atoms with van der Waals surface area (Å²) in [6, 6.07) is 17.9. The lowest BCUT2D eigenvalue weighted by Crippen LogP contribution is -2.44. The summed E-state index contributed by atoms with van der Waals surface area (Å²) in [5.41, 5.74) is 4.24. The van der Waals surface area contributed by atoms with E-state index < -0.39 is 22.0 Å². The number of hydrogen-bond donors (Lipinski definition) is 1. The molecule has 1 heterocycles. The van der Waals surface area contributed by atoms with Gasteiger partial charge in [-0.25, -0.2) is 18.0 Å². The first-order chi connectivity index (χ1) is 18.7. The summed E-state index contributed by atoms with van der Waals surface area (Å²) >= 11 is 0. The molecule has 1 atom stereocenters. The summed E-state index contributed by atoms with van der Waals surface area (Å²) in [7, 11) is -4.01. The molecule has 1 aliphatic carbocycles. The highest BCUT2D eigenvalue weighted by molar-refractivity contribution is 7.89. The number of sulfonamides is 1. The molecule has 0 saturated heterocycles. The molecule has 0 saturated carbocycles. The van der Waals surface area contributed by atoms with Gasteiger partial charge in [0, 0.05) is 17.0 Å². The SMILES string of the molecule is CCCc1cc2c3c(c(=O)oc2cc1OC(=O)[C@@H](Cc1ccccc1)NS(=O)(=O)c1ccc(C)cc1)CCC3. The molecule has 0 unspecified atom stereocenters. The molecule has 8 heteroatoms. The lowest BCUT2D eigenvalue weighted by Gasteiger charge is -2.19. The van der Waals surface area contributed by atoms with Crippen LogP contribution in [0.1, 0.15) is 47.6 Å². The van der Waals surface area contributed by atoms with Gasteiger partial charge < -0.3 is 9.15 Å². The Balaban J connectivity index is 1.50. The Labute approximate surface area is 227 Å². The predicted molar refractivity (Wildman–Crippen MR) is 150 cm³/mol. The summed E-state index contributed by atoms with van der Waals surface area (Å²) in [6.45, 7) is 3.90. The monoisotopic (exact) mass is 545 g/mol. The van der Waals surface area contributed by atoms with Crippen molar-refractivity contribution >= 4 is 27.0 Å². The van der Waals surface area contributed by atoms with Crippen LogP contribution in [0.15, 0.2) is 80.8 Å². The third kappa shape index (κ3) is 5.82. The van der Waals surface area contributed by atoms with Crippen LogP contribution >= 0.6 is 0 Å². The third-order valence-electron chi connectivity index (χ3n) is 7.08. The Hall–Kier alpha value is -3.75. The van der Waals surface area contributed by atoms with Crippen LogP contribution in [0.25, 0.3) is 11.0 Å². The second-order valence-electron chi connectivity index (χ2n) is 10.0. The van der Waals surface area contributed by atoms with E-state index in [1.54, 1.807) is 18.2 Å². The zero-order chi connectivity index (χ0) is 27.6. The number of esters is 1. The van der Waals surface area contributed by atoms with Gasteiger partial charge in [-0.2, -0.15) is 4.72 Å². The molecule has 3 aromatic carbocycles. The summed E-state index contributed by atoms with van der Waals surface area (Å²) in [4.78, 5) is 26.2. The molecule has 39 heavy (non-hydrogen) atoms. The van der Waals surface area contributed by atoms with Crippen molar-refractivity contribution < 1.29 is 22.4 Å². The second-order valence-corrected chi connectivity index (χ2v) is 11.7. The zero-order valence-electron chi connectivity index (χ0n) is 22.0. The van der Waals surface area contributed by atoms with Gasteiger partial charge in [-0.1, -0.05) is 61.4 Å². The minimum Gasteiger partial charge on any atom is -0.425 e. The highest BCUT2D eigenvalue weighted by Gasteiger charge is 2.29. The van der Waals surface area contributed by atoms with Gasteiger partial charge in [0.15, 0.2) is 0 Å². The maximum atomic E-state index is 13.6. The van der Waals surface area contributed by atoms with E-state index in [1.807, 2.05) is 50.2 Å². The maximum Gasteiger partial charge on any atom is 0.339 e. The average Bonchev–Trinajstić information content (AvgIpc) is 3.41. The normalized spacial score (nSPS) is 13.8. The Morgan fingerprint density at radius 2 is 1.74 bits per heavy atom. The molecule has 0 radical (unpaired) electrons. The van der Waals surface area contributed by atoms with Gasteiger partial charge in [-0.05, 0) is 73.9 Å². The molecule has 0 spiro atoms. The van der Waals surface area contributed by atoms with E-state index >= 15 is 0 Å². The fourth-order valence-corrected chi connectivity index (χ4v) is 6.27. The van der Waals surface area contributed by atoms with E-state index in [9.17, 15) is 18.0 Å². The first-order valence-corrected chi connectivity index (χ1v) is 14.7. The van der Waals surface area contributed by atoms with Crippen LogP contribution in [0.2, 0.25) is 0 Å². The van der Waals surface area contributed by atoms with Crippen LogP contribution in [0, 0.1) is 6.92 Å². The molecular weight excluding hydrogens is 514 g/mol. The molecule has 1 N–H and O–H groups in total. The molecular formula is C31H31NO6S. The highest BCUT2D eigenvalue weighted by atomic mass is 32.2. The highest BCUT2D eigenvalue weighted by Crippen LogP contribution is 2.33. The number of nitrogens with one attached hydrogen (secondary N) is 1. The number of aryl methyl sites for hydroxylation is 3. The zero-order valence-corrected chi connectivity index (χ0v) is 22.8. The smallest absolute Gasteiger partial charge is 0.339 e. The van der Waals surface area contributed by atoms with E-state index in [4.69, 9.17) is 9.15 Å². The van der Waals surface area contributed by atoms with Crippen LogP contribution in [-0.2, 0) is 40.5 Å². The molecule has 4 aromatic rings. The fourth-order valence-electron chi connectivity index (χ4n) is 5.09. The number of carbonyl (C=O) groups excluding carboxylic acids is 1. The standard InChI is InChI=1S/C31H31NO6S/c1-3-8-22-18-26-24-11-7-12-25(24)30(33)38-29(26)19-28(22)37-31(34)27(17-21-9-5-4-6-10-21)32-39(35,36)23-15-13-20(2)14-16-23/h4-6,9-10,13-16,18-19,27,32H,3,7-8,11-12,17H2,1-2H3/t27-/m1/s1. The van der Waals surface area contributed by atoms with Crippen LogP contribution < -0.4 is 15.1 Å². The Morgan fingerprint density at radius 1 is 1.03 bits per heavy atom. The van der Waals surface area contributed by atoms with Crippen LogP contribution in [0.5, 0.6) is 5.75 Å². The summed E-state index contributed by atoms with van der Waals surface area (Å²) in [5, 5.41) is 0.867. The van der Waals surface area contributed by atoms with Crippen molar-refractivity contribution in [3.05, 3.63) is 105 Å². The Kier molecular flexibility index (Phi) is 7.68. The van der Waals surface area contributed by atoms with Gasteiger partial charge in [0.2, 0.25) is 10.0 Å². The first kappa shape index (κ1) is 26.8. The van der Waals surface area contributed by atoms with Crippen LogP contribution in [-0.4, -0.2) is 20.4 Å². The molecule has 202 valence electrons. The molecule has 1 aliphatic rings. The second kappa shape index (κ2) is 11.2. The van der Waals surface area contributed by atoms with Crippen molar-refractivity contribution in [2.45, 2.75) is 63.3 Å². The summed E-state index contributed by atoms with van der Waals surface area (Å²) in [6.07, 6.45) is 3.97. The van der Waals surface area contributed by atoms with Gasteiger partial charge in [-0.3, -0.25) is 0 Å². The van der Waals surface area contributed by atoms with Crippen molar-refractivity contribution in [1.82, 2.24) is 4.72 Å². The topological polar surface area (TPSA) is 103 Å². The van der Waals surface area contributed by atoms with E-state index in [0.29, 0.717) is 18.4 Å². The number of hydrogen-bond acceptors (Lipinski definition) is 6. The average molecular weight is 546 g/mol. The maximum absolute atomic E-state index is 13.6. The lowest BCUT2D eigenvalue weighted by molar-refractivity contribution is -0.136. The Bertz CT molecular complexity index is 1670. The van der Waals surface area contributed by atoms with E-state index in [2.05, 4.69) is 4.72 Å². The van der Waals surface area contributed by atoms with Crippen LogP contribution in [0.4, 0.5) is 0 Å². The van der Waals surface area contributed by atoms with Gasteiger partial charge >= 0.3 is 11.6 Å². The first-order valence-electron chi connectivity index (χ1n) is 13.2. The van der Waals surface area contributed by atoms with Gasteiger partial charge in [0.25, 0.3) is 0 Å². The number of ether oxygens (including phenoxy) is 1. The van der Waals surface area contributed by atoms with Gasteiger partial charge in [0.05, 0.1) is 4.90 Å². The minimum atomic E-state index is -4.01. The number of fused-ring (bicyclic) bond motifs is 3. The molecule has 0 amide bonds. The predicted octanol–water partition coefficient (Wildman–Crippen LogP) is 5.04. The van der Waals surface area contributed by atoms with E-state index in [1.165, 1.54) is 12.1 Å². The Morgan fingerprint density at radius 3 is 2.46 bits per heavy atom. The summed E-state index contributed by atoms with van der Waals surface area (Å²) < 4.78 is 40.5.